The van der Waals surface area contributed by atoms with E-state index in [9.17, 15) is 10.2 Å². The van der Waals surface area contributed by atoms with Crippen LogP contribution >= 0.6 is 20.1 Å². The number of rotatable bonds is 19. The van der Waals surface area contributed by atoms with Gasteiger partial charge in [0.1, 0.15) is 12.2 Å². The lowest BCUT2D eigenvalue weighted by Gasteiger charge is -2.51. The van der Waals surface area contributed by atoms with Gasteiger partial charge in [-0.2, -0.15) is 0 Å². The summed E-state index contributed by atoms with van der Waals surface area (Å²) in [6.45, 7) is 44.0. The monoisotopic (exact) mass is 695 g/mol. The van der Waals surface area contributed by atoms with E-state index in [4.69, 9.17) is 9.47 Å². The average Bonchev–Trinajstić information content (AvgIpc) is 2.72. The molecule has 0 aliphatic carbocycles. The minimum Gasteiger partial charge on any atom is -0.394 e. The molecule has 282 valence electrons. The van der Waals surface area contributed by atoms with Crippen LogP contribution in [0, 0.1) is 32.5 Å². The van der Waals surface area contributed by atoms with Crippen LogP contribution in [-0.4, -0.2) is 94.9 Å². The van der Waals surface area contributed by atoms with Crippen molar-refractivity contribution in [3.05, 3.63) is 0 Å². The second kappa shape index (κ2) is 18.2. The van der Waals surface area contributed by atoms with E-state index in [-0.39, 0.29) is 45.7 Å². The summed E-state index contributed by atoms with van der Waals surface area (Å²) < 4.78 is 12.6. The van der Waals surface area contributed by atoms with E-state index < -0.39 is 32.3 Å². The fraction of sp³-hybridized carbons (Fsp3) is 1.00. The maximum absolute atomic E-state index is 10.3. The Kier molecular flexibility index (Phi) is 18.4. The second-order valence-corrected chi connectivity index (χ2v) is 29.4. The van der Waals surface area contributed by atoms with Gasteiger partial charge in [0.25, 0.3) is 0 Å². The van der Waals surface area contributed by atoms with Crippen LogP contribution in [0.5, 0.6) is 0 Å². The smallest absolute Gasteiger partial charge is 0.109 e. The standard InChI is InChI=1S/C40H86O4S2/c1-35(2,3)27-45(28-36(4,5)6,29-37(7,8)9)23-19-21-43-33(25-41)34(26-42)44-22-20-24-46(30-38(10,11)12,31-39(13,14)15)32-40(16,17)18/h33-34,41-42H,19-32H2,1-18H3/t33-,34+. The van der Waals surface area contributed by atoms with Crippen molar-refractivity contribution in [1.82, 2.24) is 0 Å². The molecule has 0 bridgehead atoms. The van der Waals surface area contributed by atoms with E-state index in [0.717, 1.165) is 12.8 Å². The van der Waals surface area contributed by atoms with Crippen molar-refractivity contribution in [3.8, 4) is 0 Å². The van der Waals surface area contributed by atoms with Crippen molar-refractivity contribution < 1.29 is 19.7 Å². The molecule has 2 N–H and O–H groups in total. The van der Waals surface area contributed by atoms with Crippen molar-refractivity contribution in [2.75, 3.05) is 72.5 Å². The molecule has 0 aromatic heterocycles. The largest absolute Gasteiger partial charge is 0.394 e. The van der Waals surface area contributed by atoms with Gasteiger partial charge >= 0.3 is 0 Å². The zero-order valence-corrected chi connectivity index (χ0v) is 36.2. The molecule has 46 heavy (non-hydrogen) atoms. The Morgan fingerprint density at radius 2 is 0.587 bits per heavy atom. The predicted molar refractivity (Wildman–Crippen MR) is 214 cm³/mol. The Morgan fingerprint density at radius 1 is 0.391 bits per heavy atom. The van der Waals surface area contributed by atoms with Crippen molar-refractivity contribution in [2.45, 2.75) is 150 Å². The summed E-state index contributed by atoms with van der Waals surface area (Å²) in [5.74, 6) is 9.97. The number of hydrogen-bond donors (Lipinski definition) is 2. The van der Waals surface area contributed by atoms with Gasteiger partial charge in [0.2, 0.25) is 0 Å². The summed E-state index contributed by atoms with van der Waals surface area (Å²) in [6.07, 6.45) is 0.950. The Hall–Kier alpha value is 0.540. The fourth-order valence-electron chi connectivity index (χ4n) is 8.01. The Bertz CT molecular complexity index is 677. The summed E-state index contributed by atoms with van der Waals surface area (Å²) in [5.41, 5.74) is 1.68. The second-order valence-electron chi connectivity index (χ2n) is 22.0. The lowest BCUT2D eigenvalue weighted by Crippen LogP contribution is -2.39. The van der Waals surface area contributed by atoms with Crippen LogP contribution in [0.4, 0.5) is 0 Å². The third-order valence-corrected chi connectivity index (χ3v) is 18.5. The molecule has 0 spiro atoms. The molecule has 2 atom stereocenters. The highest BCUT2D eigenvalue weighted by Gasteiger charge is 2.38. The Balaban J connectivity index is 5.59. The molecule has 0 saturated heterocycles. The van der Waals surface area contributed by atoms with Crippen LogP contribution < -0.4 is 0 Å². The molecule has 0 aliphatic heterocycles. The lowest BCUT2D eigenvalue weighted by molar-refractivity contribution is -0.108. The molecule has 0 heterocycles. The van der Waals surface area contributed by atoms with Crippen LogP contribution in [-0.2, 0) is 9.47 Å². The van der Waals surface area contributed by atoms with Gasteiger partial charge in [0, 0.05) is 13.2 Å². The molecule has 6 heteroatoms. The van der Waals surface area contributed by atoms with E-state index in [1.807, 2.05) is 0 Å². The van der Waals surface area contributed by atoms with Gasteiger partial charge in [-0.1, -0.05) is 125 Å². The SMILES string of the molecule is CC(C)(C)CS(CCCO[C@@H](CO)[C@@H](CO)OCCCS(CC(C)(C)C)(CC(C)(C)C)CC(C)(C)C)(CC(C)(C)C)CC(C)(C)C. The molecule has 0 aromatic rings. The number of hydrogen-bond acceptors (Lipinski definition) is 4. The van der Waals surface area contributed by atoms with Gasteiger partial charge < -0.3 is 19.7 Å². The van der Waals surface area contributed by atoms with Crippen molar-refractivity contribution >= 4 is 20.1 Å². The first-order valence-electron chi connectivity index (χ1n) is 18.3. The molecular formula is C40H86O4S2. The summed E-state index contributed by atoms with van der Waals surface area (Å²) in [6, 6.07) is 0. The van der Waals surface area contributed by atoms with Crippen LogP contribution in [0.25, 0.3) is 0 Å². The van der Waals surface area contributed by atoms with E-state index in [0.29, 0.717) is 13.2 Å². The summed E-state index contributed by atoms with van der Waals surface area (Å²) in [7, 11) is -1.78. The fourth-order valence-corrected chi connectivity index (χ4v) is 22.0. The molecule has 0 amide bonds. The topological polar surface area (TPSA) is 58.9 Å². The Labute approximate surface area is 293 Å². The molecule has 0 fully saturated rings. The van der Waals surface area contributed by atoms with Crippen LogP contribution in [0.1, 0.15) is 137 Å². The van der Waals surface area contributed by atoms with Gasteiger partial charge in [0.05, 0.1) is 13.2 Å². The third-order valence-electron chi connectivity index (χ3n) is 7.32. The molecule has 0 saturated carbocycles. The van der Waals surface area contributed by atoms with Gasteiger partial charge in [-0.3, -0.25) is 0 Å². The number of ether oxygens (including phenoxy) is 2. The summed E-state index contributed by atoms with van der Waals surface area (Å²) >= 11 is 0. The van der Waals surface area contributed by atoms with E-state index in [2.05, 4.69) is 125 Å². The van der Waals surface area contributed by atoms with E-state index in [1.165, 1.54) is 46.0 Å². The van der Waals surface area contributed by atoms with Gasteiger partial charge in [-0.05, 0) is 91.4 Å². The van der Waals surface area contributed by atoms with E-state index >= 15 is 0 Å². The molecule has 0 rings (SSSR count). The third kappa shape index (κ3) is 23.0. The highest BCUT2D eigenvalue weighted by atomic mass is 32.3. The highest BCUT2D eigenvalue weighted by Crippen LogP contribution is 2.59. The van der Waals surface area contributed by atoms with Crippen LogP contribution in [0.3, 0.4) is 0 Å². The van der Waals surface area contributed by atoms with Crippen molar-refractivity contribution in [2.24, 2.45) is 32.5 Å². The highest BCUT2D eigenvalue weighted by molar-refractivity contribution is 8.34. The number of aliphatic hydroxyl groups is 2. The average molecular weight is 695 g/mol. The molecular weight excluding hydrogens is 609 g/mol. The minimum absolute atomic E-state index is 0.136. The molecule has 0 aliphatic rings. The predicted octanol–water partition coefficient (Wildman–Crippen LogP) is 10.4. The first-order chi connectivity index (χ1) is 20.3. The maximum atomic E-state index is 10.3. The van der Waals surface area contributed by atoms with Crippen molar-refractivity contribution in [3.63, 3.8) is 0 Å². The summed E-state index contributed by atoms with van der Waals surface area (Å²) in [4.78, 5) is 0. The molecule has 0 aromatic carbocycles. The van der Waals surface area contributed by atoms with Crippen LogP contribution in [0.15, 0.2) is 0 Å². The Morgan fingerprint density at radius 3 is 0.739 bits per heavy atom. The quantitative estimate of drug-likeness (QED) is 0.132. The molecule has 0 unspecified atom stereocenters. The maximum Gasteiger partial charge on any atom is 0.109 e. The van der Waals surface area contributed by atoms with Gasteiger partial charge in [-0.15, -0.1) is 0 Å². The van der Waals surface area contributed by atoms with Gasteiger partial charge in [-0.25, -0.2) is 20.1 Å². The minimum atomic E-state index is -0.892. The number of aliphatic hydroxyl groups excluding tert-OH is 2. The zero-order valence-electron chi connectivity index (χ0n) is 34.6. The molecule has 4 nitrogen and oxygen atoms in total. The normalized spacial score (nSPS) is 16.9. The van der Waals surface area contributed by atoms with E-state index in [1.54, 1.807) is 0 Å². The zero-order chi connectivity index (χ0) is 36.5. The van der Waals surface area contributed by atoms with Crippen molar-refractivity contribution in [1.29, 1.82) is 0 Å². The lowest BCUT2D eigenvalue weighted by atomic mass is 9.99. The summed E-state index contributed by atoms with van der Waals surface area (Å²) in [5, 5.41) is 20.6. The molecule has 0 radical (unpaired) electrons. The van der Waals surface area contributed by atoms with Crippen LogP contribution in [0.2, 0.25) is 0 Å². The first kappa shape index (κ1) is 46.5. The van der Waals surface area contributed by atoms with Gasteiger partial charge in [0.15, 0.2) is 0 Å². The first-order valence-corrected chi connectivity index (χ1v) is 22.9.